The van der Waals surface area contributed by atoms with Gasteiger partial charge in [-0.3, -0.25) is 9.69 Å². The second-order valence-electron chi connectivity index (χ2n) is 10.4. The van der Waals surface area contributed by atoms with Crippen LogP contribution < -0.4 is 15.1 Å². The molecule has 0 aromatic carbocycles. The quantitative estimate of drug-likeness (QED) is 0.600. The highest BCUT2D eigenvalue weighted by Gasteiger charge is 2.38. The molecule has 35 heavy (non-hydrogen) atoms. The van der Waals surface area contributed by atoms with Gasteiger partial charge in [0.15, 0.2) is 11.6 Å². The lowest BCUT2D eigenvalue weighted by Gasteiger charge is -2.43. The second-order valence-corrected chi connectivity index (χ2v) is 10.4. The van der Waals surface area contributed by atoms with Crippen molar-refractivity contribution in [1.29, 1.82) is 0 Å². The Labute approximate surface area is 205 Å². The molecule has 2 fully saturated rings. The van der Waals surface area contributed by atoms with Crippen LogP contribution in [0, 0.1) is 11.7 Å². The van der Waals surface area contributed by atoms with Crippen molar-refractivity contribution in [2.24, 2.45) is 5.92 Å². The van der Waals surface area contributed by atoms with Crippen LogP contribution in [0.15, 0.2) is 36.8 Å². The lowest BCUT2D eigenvalue weighted by Crippen LogP contribution is -2.57. The van der Waals surface area contributed by atoms with Crippen LogP contribution in [0.5, 0.6) is 0 Å². The van der Waals surface area contributed by atoms with Gasteiger partial charge in [0.25, 0.3) is 0 Å². The van der Waals surface area contributed by atoms with Crippen molar-refractivity contribution >= 4 is 23.3 Å². The Balaban J connectivity index is 1.25. The molecule has 186 valence electrons. The van der Waals surface area contributed by atoms with Crippen LogP contribution >= 0.6 is 0 Å². The zero-order valence-corrected chi connectivity index (χ0v) is 20.9. The number of pyridine rings is 1. The fourth-order valence-electron chi connectivity index (χ4n) is 4.98. The maximum absolute atomic E-state index is 14.7. The second kappa shape index (κ2) is 8.75. The third-order valence-corrected chi connectivity index (χ3v) is 7.40. The molecule has 5 rings (SSSR count). The summed E-state index contributed by atoms with van der Waals surface area (Å²) in [7, 11) is 2.12. The maximum atomic E-state index is 14.7. The van der Waals surface area contributed by atoms with Crippen molar-refractivity contribution in [3.63, 3.8) is 0 Å². The molecule has 3 aromatic rings. The number of anilines is 2. The first-order valence-corrected chi connectivity index (χ1v) is 12.1. The molecule has 0 bridgehead atoms. The summed E-state index contributed by atoms with van der Waals surface area (Å²) in [4.78, 5) is 32.6. The van der Waals surface area contributed by atoms with E-state index in [2.05, 4.69) is 51.0 Å². The van der Waals surface area contributed by atoms with Crippen molar-refractivity contribution in [3.8, 4) is 0 Å². The van der Waals surface area contributed by atoms with Gasteiger partial charge in [-0.1, -0.05) is 6.07 Å². The number of nitrogens with one attached hydrogen (secondary N) is 1. The molecule has 0 saturated carbocycles. The van der Waals surface area contributed by atoms with E-state index in [0.29, 0.717) is 31.1 Å². The monoisotopic (exact) mass is 480 g/mol. The molecule has 10 heteroatoms. The van der Waals surface area contributed by atoms with Crippen molar-refractivity contribution < 1.29 is 9.18 Å². The number of carbonyl (C=O) groups excluding carboxylic acids is 1. The van der Waals surface area contributed by atoms with Crippen LogP contribution in [0.4, 0.5) is 16.2 Å². The number of halogens is 1. The van der Waals surface area contributed by atoms with Gasteiger partial charge in [0.05, 0.1) is 29.5 Å². The predicted molar refractivity (Wildman–Crippen MR) is 133 cm³/mol. The third-order valence-electron chi connectivity index (χ3n) is 7.40. The van der Waals surface area contributed by atoms with Crippen LogP contribution in [0.3, 0.4) is 0 Å². The minimum atomic E-state index is -0.611. The lowest BCUT2D eigenvalue weighted by molar-refractivity contribution is -0.127. The van der Waals surface area contributed by atoms with Gasteiger partial charge in [0.1, 0.15) is 5.65 Å². The third kappa shape index (κ3) is 4.31. The number of fused-ring (bicyclic) bond motifs is 1. The number of rotatable bonds is 5. The predicted octanol–water partition coefficient (Wildman–Crippen LogP) is 2.28. The Morgan fingerprint density at radius 1 is 1.06 bits per heavy atom. The van der Waals surface area contributed by atoms with E-state index in [1.807, 2.05) is 47.5 Å². The number of nitrogens with zero attached hydrogens (tertiary/aromatic N) is 7. The van der Waals surface area contributed by atoms with E-state index in [1.165, 1.54) is 6.20 Å². The SMILES string of the molecule is C[C@@H]1CN(c2ncc(F)c(N3CC(C(=O)NC(C)(C)c4cnc5ccccn45)C3)n2)C[C@H](C)N1C. The summed E-state index contributed by atoms with van der Waals surface area (Å²) in [6.07, 6.45) is 4.97. The minimum absolute atomic E-state index is 0.0615. The van der Waals surface area contributed by atoms with E-state index in [9.17, 15) is 9.18 Å². The molecular formula is C25H33FN8O. The van der Waals surface area contributed by atoms with Gasteiger partial charge in [-0.25, -0.2) is 14.4 Å². The summed E-state index contributed by atoms with van der Waals surface area (Å²) in [5.74, 6) is 0.0339. The van der Waals surface area contributed by atoms with Crippen molar-refractivity contribution in [3.05, 3.63) is 48.3 Å². The molecule has 3 aromatic heterocycles. The first kappa shape index (κ1) is 23.5. The van der Waals surface area contributed by atoms with E-state index >= 15 is 0 Å². The molecule has 1 N–H and O–H groups in total. The standard InChI is InChI=1S/C25H33FN8O/c1-16-12-33(13-17(2)31(16)5)24-28-10-19(26)22(29-24)32-14-18(15-32)23(35)30-25(3,4)20-11-27-21-8-6-7-9-34(20)21/h6-11,16-18H,12-15H2,1-5H3,(H,30,35)/t16-,17+. The average Bonchev–Trinajstić information content (AvgIpc) is 3.22. The summed E-state index contributed by atoms with van der Waals surface area (Å²) in [6.45, 7) is 10.7. The van der Waals surface area contributed by atoms with E-state index in [4.69, 9.17) is 0 Å². The molecule has 5 heterocycles. The zero-order valence-electron chi connectivity index (χ0n) is 20.9. The molecule has 0 spiro atoms. The fraction of sp³-hybridized carbons (Fsp3) is 0.520. The summed E-state index contributed by atoms with van der Waals surface area (Å²) >= 11 is 0. The highest BCUT2D eigenvalue weighted by atomic mass is 19.1. The first-order chi connectivity index (χ1) is 16.6. The molecule has 0 unspecified atom stereocenters. The smallest absolute Gasteiger partial charge is 0.227 e. The van der Waals surface area contributed by atoms with E-state index in [0.717, 1.165) is 24.4 Å². The van der Waals surface area contributed by atoms with Gasteiger partial charge in [-0.15, -0.1) is 0 Å². The number of piperazine rings is 1. The minimum Gasteiger partial charge on any atom is -0.352 e. The molecular weight excluding hydrogens is 447 g/mol. The number of aromatic nitrogens is 4. The number of hydrogen-bond acceptors (Lipinski definition) is 7. The molecule has 2 atom stereocenters. The summed E-state index contributed by atoms with van der Waals surface area (Å²) < 4.78 is 16.6. The van der Waals surface area contributed by atoms with Gasteiger partial charge in [0.2, 0.25) is 11.9 Å². The Hall–Kier alpha value is -3.27. The van der Waals surface area contributed by atoms with Gasteiger partial charge in [-0.05, 0) is 46.9 Å². The zero-order chi connectivity index (χ0) is 24.9. The number of likely N-dealkylation sites (N-methyl/N-ethyl adjacent to an activating group) is 1. The maximum Gasteiger partial charge on any atom is 0.227 e. The molecule has 2 aliphatic rings. The largest absolute Gasteiger partial charge is 0.352 e. The Bertz CT molecular complexity index is 1230. The molecule has 2 aliphatic heterocycles. The molecule has 0 radical (unpaired) electrons. The van der Waals surface area contributed by atoms with E-state index in [-0.39, 0.29) is 17.6 Å². The van der Waals surface area contributed by atoms with Gasteiger partial charge < -0.3 is 19.5 Å². The first-order valence-electron chi connectivity index (χ1n) is 12.1. The van der Waals surface area contributed by atoms with Crippen LogP contribution in [-0.4, -0.2) is 75.5 Å². The number of imidazole rings is 1. The van der Waals surface area contributed by atoms with Crippen LogP contribution in [0.1, 0.15) is 33.4 Å². The Morgan fingerprint density at radius 2 is 1.77 bits per heavy atom. The molecule has 0 aliphatic carbocycles. The summed E-state index contributed by atoms with van der Waals surface area (Å²) in [5, 5.41) is 3.15. The molecule has 2 saturated heterocycles. The average molecular weight is 481 g/mol. The Kier molecular flexibility index (Phi) is 5.86. The van der Waals surface area contributed by atoms with Gasteiger partial charge in [0, 0.05) is 44.5 Å². The Morgan fingerprint density at radius 3 is 2.49 bits per heavy atom. The van der Waals surface area contributed by atoms with Crippen LogP contribution in [0.25, 0.3) is 5.65 Å². The van der Waals surface area contributed by atoms with Crippen molar-refractivity contribution in [1.82, 2.24) is 29.6 Å². The number of carbonyl (C=O) groups is 1. The molecule has 9 nitrogen and oxygen atoms in total. The van der Waals surface area contributed by atoms with Crippen molar-refractivity contribution in [2.45, 2.75) is 45.3 Å². The highest BCUT2D eigenvalue weighted by molar-refractivity contribution is 5.82. The topological polar surface area (TPSA) is 81.9 Å². The van der Waals surface area contributed by atoms with Gasteiger partial charge >= 0.3 is 0 Å². The van der Waals surface area contributed by atoms with Crippen molar-refractivity contribution in [2.75, 3.05) is 43.0 Å². The van der Waals surface area contributed by atoms with Gasteiger partial charge in [-0.2, -0.15) is 4.98 Å². The highest BCUT2D eigenvalue weighted by Crippen LogP contribution is 2.29. The van der Waals surface area contributed by atoms with E-state index < -0.39 is 11.4 Å². The number of hydrogen-bond donors (Lipinski definition) is 1. The number of amides is 1. The summed E-state index contributed by atoms with van der Waals surface area (Å²) in [6, 6.07) is 6.50. The summed E-state index contributed by atoms with van der Waals surface area (Å²) in [5.41, 5.74) is 1.12. The lowest BCUT2D eigenvalue weighted by atomic mass is 9.95. The fourth-order valence-corrected chi connectivity index (χ4v) is 4.98. The molecule has 1 amide bonds. The van der Waals surface area contributed by atoms with Crippen LogP contribution in [0.2, 0.25) is 0 Å². The van der Waals surface area contributed by atoms with E-state index in [1.54, 1.807) is 6.20 Å². The van der Waals surface area contributed by atoms with Crippen LogP contribution in [-0.2, 0) is 10.3 Å². The normalized spacial score (nSPS) is 21.9.